The van der Waals surface area contributed by atoms with Gasteiger partial charge in [0.05, 0.1) is 24.3 Å². The van der Waals surface area contributed by atoms with Crippen molar-refractivity contribution in [1.82, 2.24) is 0 Å². The Balaban J connectivity index is 2.34. The second kappa shape index (κ2) is 6.96. The molecular weight excluding hydrogens is 356 g/mol. The Hall–Kier alpha value is -1.52. The van der Waals surface area contributed by atoms with E-state index < -0.39 is 0 Å². The van der Waals surface area contributed by atoms with Crippen LogP contribution in [-0.4, -0.2) is 20.0 Å². The van der Waals surface area contributed by atoms with Crippen LogP contribution in [0.3, 0.4) is 0 Å². The number of rotatable bonds is 5. The van der Waals surface area contributed by atoms with Crippen molar-refractivity contribution in [3.63, 3.8) is 0 Å². The molecule has 0 aromatic heterocycles. The van der Waals surface area contributed by atoms with Crippen molar-refractivity contribution < 1.29 is 14.3 Å². The average Bonchev–Trinajstić information content (AvgIpc) is 2.46. The third-order valence-electron chi connectivity index (χ3n) is 3.03. The Bertz CT molecular complexity index is 671. The molecule has 0 bridgehead atoms. The van der Waals surface area contributed by atoms with Crippen molar-refractivity contribution in [2.24, 2.45) is 0 Å². The van der Waals surface area contributed by atoms with Crippen LogP contribution in [0.15, 0.2) is 40.9 Å². The van der Waals surface area contributed by atoms with Gasteiger partial charge in [0.15, 0.2) is 5.78 Å². The van der Waals surface area contributed by atoms with E-state index in [-0.39, 0.29) is 12.2 Å². The quantitative estimate of drug-likeness (QED) is 0.726. The third-order valence-corrected chi connectivity index (χ3v) is 3.88. The number of ketones is 1. The van der Waals surface area contributed by atoms with Crippen molar-refractivity contribution >= 4 is 33.3 Å². The van der Waals surface area contributed by atoms with Crippen LogP contribution in [0.1, 0.15) is 15.9 Å². The summed E-state index contributed by atoms with van der Waals surface area (Å²) in [6.45, 7) is 0. The molecule has 110 valence electrons. The van der Waals surface area contributed by atoms with Crippen molar-refractivity contribution in [3.8, 4) is 11.5 Å². The molecule has 2 aromatic rings. The number of hydrogen-bond donors (Lipinski definition) is 0. The van der Waals surface area contributed by atoms with Gasteiger partial charge in [0.2, 0.25) is 0 Å². The first-order chi connectivity index (χ1) is 10.0. The molecule has 0 saturated carbocycles. The summed E-state index contributed by atoms with van der Waals surface area (Å²) in [5.41, 5.74) is 1.34. The van der Waals surface area contributed by atoms with E-state index in [9.17, 15) is 4.79 Å². The summed E-state index contributed by atoms with van der Waals surface area (Å²) in [7, 11) is 3.09. The molecule has 3 nitrogen and oxygen atoms in total. The number of carbonyl (C=O) groups excluding carboxylic acids is 1. The van der Waals surface area contributed by atoms with Crippen LogP contribution in [0.25, 0.3) is 0 Å². The van der Waals surface area contributed by atoms with Crippen LogP contribution < -0.4 is 9.47 Å². The van der Waals surface area contributed by atoms with Gasteiger partial charge in [-0.05, 0) is 45.8 Å². The molecule has 0 radical (unpaired) electrons. The van der Waals surface area contributed by atoms with Gasteiger partial charge < -0.3 is 9.47 Å². The smallest absolute Gasteiger partial charge is 0.171 e. The molecular formula is C16H14BrClO3. The summed E-state index contributed by atoms with van der Waals surface area (Å²) in [6.07, 6.45) is 0.252. The Labute approximate surface area is 137 Å². The topological polar surface area (TPSA) is 35.5 Å². The van der Waals surface area contributed by atoms with Gasteiger partial charge in [-0.2, -0.15) is 0 Å². The van der Waals surface area contributed by atoms with Gasteiger partial charge in [-0.1, -0.05) is 23.7 Å². The maximum Gasteiger partial charge on any atom is 0.171 e. The molecule has 2 rings (SSSR count). The molecule has 0 amide bonds. The zero-order valence-electron chi connectivity index (χ0n) is 11.7. The average molecular weight is 370 g/mol. The van der Waals surface area contributed by atoms with E-state index in [1.165, 1.54) is 7.11 Å². The summed E-state index contributed by atoms with van der Waals surface area (Å²) >= 11 is 9.31. The Morgan fingerprint density at radius 3 is 2.48 bits per heavy atom. The van der Waals surface area contributed by atoms with Gasteiger partial charge in [0.25, 0.3) is 0 Å². The first kappa shape index (κ1) is 15.9. The minimum absolute atomic E-state index is 0.0556. The molecule has 0 fully saturated rings. The SMILES string of the molecule is COc1cc(C(=O)Cc2cccc(Cl)c2)c(OC)cc1Br. The number of benzene rings is 2. The predicted octanol–water partition coefficient (Wildman–Crippen LogP) is 4.55. The minimum atomic E-state index is -0.0556. The number of Topliss-reactive ketones (excluding diaryl/α,β-unsaturated/α-hetero) is 1. The lowest BCUT2D eigenvalue weighted by Gasteiger charge is -2.11. The number of halogens is 2. The summed E-state index contributed by atoms with van der Waals surface area (Å²) in [5, 5.41) is 0.612. The first-order valence-electron chi connectivity index (χ1n) is 6.24. The van der Waals surface area contributed by atoms with E-state index in [0.717, 1.165) is 10.0 Å². The van der Waals surface area contributed by atoms with Gasteiger partial charge in [-0.3, -0.25) is 4.79 Å². The van der Waals surface area contributed by atoms with Gasteiger partial charge in [-0.25, -0.2) is 0 Å². The summed E-state index contributed by atoms with van der Waals surface area (Å²) in [6, 6.07) is 10.7. The van der Waals surface area contributed by atoms with Crippen LogP contribution in [0.4, 0.5) is 0 Å². The van der Waals surface area contributed by atoms with Crippen molar-refractivity contribution in [1.29, 1.82) is 0 Å². The van der Waals surface area contributed by atoms with Gasteiger partial charge in [0, 0.05) is 11.4 Å². The van der Waals surface area contributed by atoms with Gasteiger partial charge >= 0.3 is 0 Å². The molecule has 0 unspecified atom stereocenters. The lowest BCUT2D eigenvalue weighted by atomic mass is 10.0. The normalized spacial score (nSPS) is 10.3. The van der Waals surface area contributed by atoms with E-state index in [1.54, 1.807) is 31.4 Å². The molecule has 0 heterocycles. The standard InChI is InChI=1S/C16H14BrClO3/c1-20-15-9-13(17)16(21-2)8-12(15)14(19)7-10-4-3-5-11(18)6-10/h3-6,8-9H,7H2,1-2H3. The Morgan fingerprint density at radius 2 is 1.86 bits per heavy atom. The molecule has 0 aliphatic heterocycles. The highest BCUT2D eigenvalue weighted by Gasteiger charge is 2.16. The summed E-state index contributed by atoms with van der Waals surface area (Å²) in [4.78, 5) is 12.5. The first-order valence-corrected chi connectivity index (χ1v) is 7.41. The van der Waals surface area contributed by atoms with Crippen LogP contribution in [-0.2, 0) is 6.42 Å². The monoisotopic (exact) mass is 368 g/mol. The highest BCUT2D eigenvalue weighted by atomic mass is 79.9. The largest absolute Gasteiger partial charge is 0.496 e. The fourth-order valence-electron chi connectivity index (χ4n) is 2.01. The van der Waals surface area contributed by atoms with Crippen molar-refractivity contribution in [2.45, 2.75) is 6.42 Å². The minimum Gasteiger partial charge on any atom is -0.496 e. The number of carbonyl (C=O) groups is 1. The fourth-order valence-corrected chi connectivity index (χ4v) is 2.70. The Morgan fingerprint density at radius 1 is 1.14 bits per heavy atom. The van der Waals surface area contributed by atoms with E-state index in [0.29, 0.717) is 22.1 Å². The van der Waals surface area contributed by atoms with E-state index in [1.807, 2.05) is 12.1 Å². The van der Waals surface area contributed by atoms with Gasteiger partial charge in [0.1, 0.15) is 11.5 Å². The van der Waals surface area contributed by atoms with E-state index >= 15 is 0 Å². The molecule has 0 aliphatic carbocycles. The van der Waals surface area contributed by atoms with E-state index in [4.69, 9.17) is 21.1 Å². The summed E-state index contributed by atoms with van der Waals surface area (Å²) < 4.78 is 11.2. The predicted molar refractivity (Wildman–Crippen MR) is 86.7 cm³/mol. The summed E-state index contributed by atoms with van der Waals surface area (Å²) in [5.74, 6) is 1.04. The maximum absolute atomic E-state index is 12.5. The van der Waals surface area contributed by atoms with Crippen LogP contribution >= 0.6 is 27.5 Å². The van der Waals surface area contributed by atoms with Crippen LogP contribution in [0.5, 0.6) is 11.5 Å². The molecule has 0 N–H and O–H groups in total. The van der Waals surface area contributed by atoms with E-state index in [2.05, 4.69) is 15.9 Å². The number of hydrogen-bond acceptors (Lipinski definition) is 3. The van der Waals surface area contributed by atoms with Crippen molar-refractivity contribution in [3.05, 3.63) is 57.0 Å². The lowest BCUT2D eigenvalue weighted by Crippen LogP contribution is -2.06. The molecule has 5 heteroatoms. The second-order valence-electron chi connectivity index (χ2n) is 4.42. The zero-order valence-corrected chi connectivity index (χ0v) is 14.0. The number of ether oxygens (including phenoxy) is 2. The highest BCUT2D eigenvalue weighted by Crippen LogP contribution is 2.33. The lowest BCUT2D eigenvalue weighted by molar-refractivity contribution is 0.0989. The molecule has 0 atom stereocenters. The maximum atomic E-state index is 12.5. The fraction of sp³-hybridized carbons (Fsp3) is 0.188. The molecule has 2 aromatic carbocycles. The zero-order chi connectivity index (χ0) is 15.4. The molecule has 0 aliphatic rings. The Kier molecular flexibility index (Phi) is 5.26. The van der Waals surface area contributed by atoms with Gasteiger partial charge in [-0.15, -0.1) is 0 Å². The molecule has 0 spiro atoms. The molecule has 0 saturated heterocycles. The van der Waals surface area contributed by atoms with Crippen molar-refractivity contribution in [2.75, 3.05) is 14.2 Å². The van der Waals surface area contributed by atoms with Crippen LogP contribution in [0.2, 0.25) is 5.02 Å². The second-order valence-corrected chi connectivity index (χ2v) is 5.71. The highest BCUT2D eigenvalue weighted by molar-refractivity contribution is 9.10. The van der Waals surface area contributed by atoms with Crippen LogP contribution in [0, 0.1) is 0 Å². The third kappa shape index (κ3) is 3.77. The molecule has 21 heavy (non-hydrogen) atoms. The number of methoxy groups -OCH3 is 2.